The van der Waals surface area contributed by atoms with Crippen molar-refractivity contribution < 1.29 is 14.3 Å². The van der Waals surface area contributed by atoms with E-state index in [-0.39, 0.29) is 12.0 Å². The van der Waals surface area contributed by atoms with Gasteiger partial charge in [0.1, 0.15) is 5.78 Å². The summed E-state index contributed by atoms with van der Waals surface area (Å²) < 4.78 is 4.61. The number of ether oxygens (including phenoxy) is 1. The van der Waals surface area contributed by atoms with Crippen LogP contribution < -0.4 is 0 Å². The van der Waals surface area contributed by atoms with Crippen LogP contribution in [0.15, 0.2) is 0 Å². The van der Waals surface area contributed by atoms with Crippen molar-refractivity contribution in [2.24, 2.45) is 11.8 Å². The van der Waals surface area contributed by atoms with Crippen LogP contribution in [0.3, 0.4) is 0 Å². The minimum atomic E-state index is -0.309. The molecule has 1 amide bonds. The fraction of sp³-hybridized carbons (Fsp3) is 0.800. The number of amides is 1. The summed E-state index contributed by atoms with van der Waals surface area (Å²) in [7, 11) is 1.37. The summed E-state index contributed by atoms with van der Waals surface area (Å²) in [6.07, 6.45) is 2.60. The standard InChI is InChI=1S/C10H15NO3/c1-14-10(13)11-5-4-8(6-11)9(12)7-2-3-7/h7-8H,2-6H2,1H3. The van der Waals surface area contributed by atoms with E-state index in [0.717, 1.165) is 19.3 Å². The van der Waals surface area contributed by atoms with E-state index in [4.69, 9.17) is 0 Å². The second-order valence-corrected chi connectivity index (χ2v) is 4.08. The molecule has 1 aliphatic carbocycles. The Hall–Kier alpha value is -1.06. The van der Waals surface area contributed by atoms with Gasteiger partial charge in [-0.2, -0.15) is 0 Å². The molecule has 1 unspecified atom stereocenters. The van der Waals surface area contributed by atoms with Crippen molar-refractivity contribution in [2.45, 2.75) is 19.3 Å². The molecular formula is C10H15NO3. The minimum absolute atomic E-state index is 0.0709. The van der Waals surface area contributed by atoms with Gasteiger partial charge in [0, 0.05) is 24.9 Å². The molecule has 4 heteroatoms. The number of carbonyl (C=O) groups is 2. The van der Waals surface area contributed by atoms with Crippen LogP contribution in [-0.2, 0) is 9.53 Å². The Morgan fingerprint density at radius 3 is 2.50 bits per heavy atom. The lowest BCUT2D eigenvalue weighted by molar-refractivity contribution is -0.123. The van der Waals surface area contributed by atoms with Crippen LogP contribution in [0.2, 0.25) is 0 Å². The molecular weight excluding hydrogens is 182 g/mol. The van der Waals surface area contributed by atoms with Gasteiger partial charge in [0.25, 0.3) is 0 Å². The molecule has 1 heterocycles. The van der Waals surface area contributed by atoms with Crippen LogP contribution in [0.25, 0.3) is 0 Å². The molecule has 0 N–H and O–H groups in total. The quantitative estimate of drug-likeness (QED) is 0.664. The number of nitrogens with zero attached hydrogens (tertiary/aromatic N) is 1. The zero-order valence-corrected chi connectivity index (χ0v) is 8.36. The highest BCUT2D eigenvalue weighted by Gasteiger charge is 2.39. The first-order chi connectivity index (χ1) is 6.72. The predicted octanol–water partition coefficient (Wildman–Crippen LogP) is 1.05. The van der Waals surface area contributed by atoms with Crippen LogP contribution in [0.1, 0.15) is 19.3 Å². The summed E-state index contributed by atoms with van der Waals surface area (Å²) in [6.45, 7) is 1.22. The van der Waals surface area contributed by atoms with Crippen LogP contribution in [0, 0.1) is 11.8 Å². The van der Waals surface area contributed by atoms with E-state index in [1.54, 1.807) is 4.90 Å². The first-order valence-electron chi connectivity index (χ1n) is 5.09. The maximum absolute atomic E-state index is 11.7. The van der Waals surface area contributed by atoms with Crippen molar-refractivity contribution in [1.29, 1.82) is 0 Å². The second-order valence-electron chi connectivity index (χ2n) is 4.08. The molecule has 1 aliphatic heterocycles. The number of hydrogen-bond acceptors (Lipinski definition) is 3. The highest BCUT2D eigenvalue weighted by Crippen LogP contribution is 2.35. The van der Waals surface area contributed by atoms with Gasteiger partial charge in [-0.3, -0.25) is 4.79 Å². The number of ketones is 1. The number of carbonyl (C=O) groups excluding carboxylic acids is 2. The van der Waals surface area contributed by atoms with Crippen molar-refractivity contribution in [1.82, 2.24) is 4.90 Å². The van der Waals surface area contributed by atoms with Crippen molar-refractivity contribution in [3.63, 3.8) is 0 Å². The first-order valence-corrected chi connectivity index (χ1v) is 5.09. The Balaban J connectivity index is 1.87. The number of likely N-dealkylation sites (tertiary alicyclic amines) is 1. The maximum Gasteiger partial charge on any atom is 0.409 e. The molecule has 4 nitrogen and oxygen atoms in total. The molecule has 14 heavy (non-hydrogen) atoms. The summed E-state index contributed by atoms with van der Waals surface area (Å²) in [4.78, 5) is 24.5. The Bertz CT molecular complexity index is 260. The van der Waals surface area contributed by atoms with Gasteiger partial charge in [-0.25, -0.2) is 4.79 Å². The van der Waals surface area contributed by atoms with Gasteiger partial charge in [0.15, 0.2) is 0 Å². The highest BCUT2D eigenvalue weighted by atomic mass is 16.5. The normalized spacial score (nSPS) is 26.4. The third-order valence-electron chi connectivity index (χ3n) is 3.00. The first kappa shape index (κ1) is 9.49. The Kier molecular flexibility index (Phi) is 2.44. The molecule has 0 aromatic heterocycles. The van der Waals surface area contributed by atoms with E-state index in [2.05, 4.69) is 4.74 Å². The molecule has 0 aromatic carbocycles. The summed E-state index contributed by atoms with van der Waals surface area (Å²) in [6, 6.07) is 0. The second kappa shape index (κ2) is 3.59. The third kappa shape index (κ3) is 1.74. The van der Waals surface area contributed by atoms with Gasteiger partial charge in [0.05, 0.1) is 7.11 Å². The number of rotatable bonds is 2. The smallest absolute Gasteiger partial charge is 0.409 e. The Morgan fingerprint density at radius 2 is 1.93 bits per heavy atom. The van der Waals surface area contributed by atoms with E-state index in [9.17, 15) is 9.59 Å². The van der Waals surface area contributed by atoms with Crippen LogP contribution >= 0.6 is 0 Å². The molecule has 0 aromatic rings. The van der Waals surface area contributed by atoms with Crippen LogP contribution in [-0.4, -0.2) is 37.0 Å². The average Bonchev–Trinajstić information content (AvgIpc) is 2.93. The van der Waals surface area contributed by atoms with Crippen molar-refractivity contribution in [3.05, 3.63) is 0 Å². The molecule has 78 valence electrons. The molecule has 0 spiro atoms. The van der Waals surface area contributed by atoms with E-state index in [1.807, 2.05) is 0 Å². The molecule has 1 saturated heterocycles. The molecule has 1 saturated carbocycles. The van der Waals surface area contributed by atoms with Gasteiger partial charge in [0.2, 0.25) is 0 Å². The van der Waals surface area contributed by atoms with E-state index >= 15 is 0 Å². The van der Waals surface area contributed by atoms with Crippen molar-refractivity contribution >= 4 is 11.9 Å². The highest BCUT2D eigenvalue weighted by molar-refractivity contribution is 5.86. The lowest BCUT2D eigenvalue weighted by atomic mass is 10.0. The van der Waals surface area contributed by atoms with Gasteiger partial charge in [-0.1, -0.05) is 0 Å². The third-order valence-corrected chi connectivity index (χ3v) is 3.00. The summed E-state index contributed by atoms with van der Waals surface area (Å²) in [5.74, 6) is 0.732. The maximum atomic E-state index is 11.7. The zero-order chi connectivity index (χ0) is 10.1. The molecule has 2 aliphatic rings. The van der Waals surface area contributed by atoms with Gasteiger partial charge < -0.3 is 9.64 Å². The molecule has 2 rings (SSSR count). The van der Waals surface area contributed by atoms with Crippen molar-refractivity contribution in [3.8, 4) is 0 Å². The fourth-order valence-corrected chi connectivity index (χ4v) is 1.99. The van der Waals surface area contributed by atoms with E-state index in [1.165, 1.54) is 7.11 Å². The Morgan fingerprint density at radius 1 is 1.21 bits per heavy atom. The van der Waals surface area contributed by atoms with Crippen molar-refractivity contribution in [2.75, 3.05) is 20.2 Å². The summed E-state index contributed by atoms with van der Waals surface area (Å²) in [5, 5.41) is 0. The number of Topliss-reactive ketones (excluding diaryl/α,β-unsaturated/α-hetero) is 1. The Labute approximate surface area is 83.2 Å². The minimum Gasteiger partial charge on any atom is -0.453 e. The van der Waals surface area contributed by atoms with Gasteiger partial charge in [-0.15, -0.1) is 0 Å². The van der Waals surface area contributed by atoms with Gasteiger partial charge in [-0.05, 0) is 19.3 Å². The van der Waals surface area contributed by atoms with E-state index < -0.39 is 0 Å². The van der Waals surface area contributed by atoms with Crippen LogP contribution in [0.5, 0.6) is 0 Å². The topological polar surface area (TPSA) is 46.6 Å². The average molecular weight is 197 g/mol. The monoisotopic (exact) mass is 197 g/mol. The van der Waals surface area contributed by atoms with Gasteiger partial charge >= 0.3 is 6.09 Å². The molecule has 0 radical (unpaired) electrons. The fourth-order valence-electron chi connectivity index (χ4n) is 1.99. The lowest BCUT2D eigenvalue weighted by Gasteiger charge is -2.13. The zero-order valence-electron chi connectivity index (χ0n) is 8.36. The molecule has 1 atom stereocenters. The molecule has 0 bridgehead atoms. The molecule has 2 fully saturated rings. The summed E-state index contributed by atoms with van der Waals surface area (Å²) in [5.41, 5.74) is 0. The SMILES string of the molecule is COC(=O)N1CCC(C(=O)C2CC2)C1. The van der Waals surface area contributed by atoms with E-state index in [0.29, 0.717) is 24.8 Å². The summed E-state index contributed by atoms with van der Waals surface area (Å²) >= 11 is 0. The number of methoxy groups -OCH3 is 1. The predicted molar refractivity (Wildman–Crippen MR) is 49.8 cm³/mol. The van der Waals surface area contributed by atoms with Crippen LogP contribution in [0.4, 0.5) is 4.79 Å². The largest absolute Gasteiger partial charge is 0.453 e. The number of hydrogen-bond donors (Lipinski definition) is 0. The lowest BCUT2D eigenvalue weighted by Crippen LogP contribution is -2.29.